The summed E-state index contributed by atoms with van der Waals surface area (Å²) in [6.07, 6.45) is -1.28. The Bertz CT molecular complexity index is 677. The molecule has 2 aliphatic heterocycles. The van der Waals surface area contributed by atoms with Crippen molar-refractivity contribution in [3.63, 3.8) is 0 Å². The highest BCUT2D eigenvalue weighted by Crippen LogP contribution is 2.42. The van der Waals surface area contributed by atoms with E-state index in [4.69, 9.17) is 9.47 Å². The van der Waals surface area contributed by atoms with Gasteiger partial charge in [-0.1, -0.05) is 15.9 Å². The molecular weight excluding hydrogens is 396 g/mol. The first-order valence-electron chi connectivity index (χ1n) is 7.63. The number of carbonyl (C=O) groups excluding carboxylic acids is 2. The van der Waals surface area contributed by atoms with Crippen LogP contribution in [0.1, 0.15) is 20.8 Å². The number of amides is 2. The van der Waals surface area contributed by atoms with Gasteiger partial charge in [-0.25, -0.2) is 9.59 Å². The van der Waals surface area contributed by atoms with Crippen LogP contribution in [0.15, 0.2) is 27.6 Å². The second kappa shape index (κ2) is 6.48. The predicted molar refractivity (Wildman–Crippen MR) is 95.6 cm³/mol. The maximum absolute atomic E-state index is 12.3. The van der Waals surface area contributed by atoms with Crippen LogP contribution in [0.25, 0.3) is 0 Å². The van der Waals surface area contributed by atoms with Gasteiger partial charge in [0.05, 0.1) is 18.3 Å². The Labute approximate surface area is 153 Å². The zero-order valence-corrected chi connectivity index (χ0v) is 16.1. The van der Waals surface area contributed by atoms with Crippen molar-refractivity contribution >= 4 is 45.6 Å². The monoisotopic (exact) mass is 414 g/mol. The zero-order chi connectivity index (χ0) is 17.5. The quantitative estimate of drug-likeness (QED) is 0.797. The Kier molecular flexibility index (Phi) is 4.70. The summed E-state index contributed by atoms with van der Waals surface area (Å²) >= 11 is 5.13. The molecule has 1 saturated heterocycles. The van der Waals surface area contributed by atoms with Crippen molar-refractivity contribution in [2.45, 2.75) is 43.4 Å². The molecule has 0 spiro atoms. The Morgan fingerprint density at radius 1 is 1.50 bits per heavy atom. The standard InChI is InChI=1S/C16H19BrN2O4S/c1-16(2,3)23-14(20)18-7-12-11-8-24-13-6-9(17)4-5-10(13)19(11)15(21)22-12/h4-6,11-12H,7-8H2,1-3H3,(H,18,20)/t11-,12+/m0/s1. The first-order valence-corrected chi connectivity index (χ1v) is 9.41. The summed E-state index contributed by atoms with van der Waals surface area (Å²) < 4.78 is 11.7. The van der Waals surface area contributed by atoms with Crippen molar-refractivity contribution in [3.8, 4) is 0 Å². The van der Waals surface area contributed by atoms with E-state index in [1.54, 1.807) is 37.4 Å². The summed E-state index contributed by atoms with van der Waals surface area (Å²) in [6.45, 7) is 5.64. The third-order valence-corrected chi connectivity index (χ3v) is 5.29. The van der Waals surface area contributed by atoms with E-state index >= 15 is 0 Å². The maximum Gasteiger partial charge on any atom is 0.415 e. The number of thioether (sulfide) groups is 1. The highest BCUT2D eigenvalue weighted by Gasteiger charge is 2.45. The number of cyclic esters (lactones) is 1. The molecule has 24 heavy (non-hydrogen) atoms. The summed E-state index contributed by atoms with van der Waals surface area (Å²) in [7, 11) is 0. The van der Waals surface area contributed by atoms with Gasteiger partial charge in [0.2, 0.25) is 0 Å². The molecule has 0 saturated carbocycles. The van der Waals surface area contributed by atoms with E-state index in [1.165, 1.54) is 0 Å². The van der Waals surface area contributed by atoms with E-state index in [0.29, 0.717) is 0 Å². The number of nitrogens with one attached hydrogen (secondary N) is 1. The number of carbonyl (C=O) groups is 2. The van der Waals surface area contributed by atoms with Crippen LogP contribution in [0, 0.1) is 0 Å². The Morgan fingerprint density at radius 2 is 2.25 bits per heavy atom. The van der Waals surface area contributed by atoms with E-state index in [-0.39, 0.29) is 18.7 Å². The molecule has 0 aromatic heterocycles. The molecule has 2 heterocycles. The average molecular weight is 415 g/mol. The third kappa shape index (κ3) is 3.64. The summed E-state index contributed by atoms with van der Waals surface area (Å²) in [6, 6.07) is 5.70. The fourth-order valence-corrected chi connectivity index (χ4v) is 4.43. The lowest BCUT2D eigenvalue weighted by Crippen LogP contribution is -2.46. The molecule has 0 unspecified atom stereocenters. The second-order valence-corrected chi connectivity index (χ2v) is 8.64. The van der Waals surface area contributed by atoms with Crippen molar-refractivity contribution in [2.24, 2.45) is 0 Å². The lowest BCUT2D eigenvalue weighted by molar-refractivity contribution is 0.0490. The molecule has 0 radical (unpaired) electrons. The van der Waals surface area contributed by atoms with Crippen molar-refractivity contribution in [1.82, 2.24) is 5.32 Å². The highest BCUT2D eigenvalue weighted by atomic mass is 79.9. The number of hydrogen-bond acceptors (Lipinski definition) is 5. The number of nitrogens with zero attached hydrogens (tertiary/aromatic N) is 1. The van der Waals surface area contributed by atoms with Gasteiger partial charge in [-0.05, 0) is 39.0 Å². The minimum atomic E-state index is -0.560. The number of hydrogen-bond donors (Lipinski definition) is 1. The van der Waals surface area contributed by atoms with Crippen molar-refractivity contribution in [3.05, 3.63) is 22.7 Å². The first kappa shape index (κ1) is 17.4. The smallest absolute Gasteiger partial charge is 0.415 e. The molecule has 8 heteroatoms. The van der Waals surface area contributed by atoms with Gasteiger partial charge in [-0.15, -0.1) is 11.8 Å². The second-order valence-electron chi connectivity index (χ2n) is 6.67. The Morgan fingerprint density at radius 3 is 2.96 bits per heavy atom. The Hall–Kier alpha value is -1.41. The minimum absolute atomic E-state index is 0.105. The molecule has 1 fully saturated rings. The van der Waals surface area contributed by atoms with Crippen LogP contribution in [-0.2, 0) is 9.47 Å². The van der Waals surface area contributed by atoms with Gasteiger partial charge in [-0.3, -0.25) is 4.90 Å². The van der Waals surface area contributed by atoms with Crippen molar-refractivity contribution < 1.29 is 19.1 Å². The number of benzene rings is 1. The molecule has 3 rings (SSSR count). The molecule has 0 bridgehead atoms. The summed E-state index contributed by atoms with van der Waals surface area (Å²) in [5.74, 6) is 0.718. The maximum atomic E-state index is 12.3. The van der Waals surface area contributed by atoms with Gasteiger partial charge in [0.1, 0.15) is 11.7 Å². The van der Waals surface area contributed by atoms with Crippen LogP contribution in [0.4, 0.5) is 15.3 Å². The topological polar surface area (TPSA) is 67.9 Å². The van der Waals surface area contributed by atoms with Crippen molar-refractivity contribution in [1.29, 1.82) is 0 Å². The summed E-state index contributed by atoms with van der Waals surface area (Å²) in [5.41, 5.74) is 0.291. The van der Waals surface area contributed by atoms with Crippen molar-refractivity contribution in [2.75, 3.05) is 17.2 Å². The van der Waals surface area contributed by atoms with E-state index in [1.807, 2.05) is 18.2 Å². The molecule has 1 N–H and O–H groups in total. The van der Waals surface area contributed by atoms with E-state index in [9.17, 15) is 9.59 Å². The van der Waals surface area contributed by atoms with Gasteiger partial charge >= 0.3 is 12.2 Å². The van der Waals surface area contributed by atoms with Gasteiger partial charge < -0.3 is 14.8 Å². The number of alkyl carbamates (subject to hydrolysis) is 1. The molecule has 130 valence electrons. The molecule has 1 aromatic carbocycles. The van der Waals surface area contributed by atoms with Gasteiger partial charge in [0, 0.05) is 15.1 Å². The van der Waals surface area contributed by atoms with E-state index < -0.39 is 17.8 Å². The Balaban J connectivity index is 1.68. The average Bonchev–Trinajstić information content (AvgIpc) is 2.80. The van der Waals surface area contributed by atoms with Crippen LogP contribution < -0.4 is 10.2 Å². The number of ether oxygens (including phenoxy) is 2. The SMILES string of the molecule is CC(C)(C)OC(=O)NC[C@H]1OC(=O)N2c3ccc(Br)cc3SC[C@@H]12. The zero-order valence-electron chi connectivity index (χ0n) is 13.7. The van der Waals surface area contributed by atoms with E-state index in [2.05, 4.69) is 21.2 Å². The number of rotatable bonds is 2. The lowest BCUT2D eigenvalue weighted by atomic mass is 10.1. The highest BCUT2D eigenvalue weighted by molar-refractivity contribution is 9.10. The first-order chi connectivity index (χ1) is 11.2. The normalized spacial score (nSPS) is 22.5. The molecular formula is C16H19BrN2O4S. The van der Waals surface area contributed by atoms with Crippen LogP contribution in [0.2, 0.25) is 0 Å². The molecule has 0 aliphatic carbocycles. The van der Waals surface area contributed by atoms with Crippen LogP contribution in [0.5, 0.6) is 0 Å². The molecule has 2 aliphatic rings. The van der Waals surface area contributed by atoms with Crippen LogP contribution >= 0.6 is 27.7 Å². The summed E-state index contributed by atoms with van der Waals surface area (Å²) in [5, 5.41) is 2.69. The van der Waals surface area contributed by atoms with Gasteiger partial charge in [0.15, 0.2) is 0 Å². The largest absolute Gasteiger partial charge is 0.444 e. The van der Waals surface area contributed by atoms with Crippen LogP contribution in [0.3, 0.4) is 0 Å². The van der Waals surface area contributed by atoms with Gasteiger partial charge in [0.25, 0.3) is 0 Å². The number of halogens is 1. The number of anilines is 1. The lowest BCUT2D eigenvalue weighted by Gasteiger charge is -2.30. The molecule has 2 amide bonds. The van der Waals surface area contributed by atoms with Gasteiger partial charge in [-0.2, -0.15) is 0 Å². The minimum Gasteiger partial charge on any atom is -0.444 e. The molecule has 2 atom stereocenters. The van der Waals surface area contributed by atoms with Crippen LogP contribution in [-0.4, -0.2) is 42.2 Å². The predicted octanol–water partition coefficient (Wildman–Crippen LogP) is 3.77. The fraction of sp³-hybridized carbons (Fsp3) is 0.500. The van der Waals surface area contributed by atoms with E-state index in [0.717, 1.165) is 20.8 Å². The number of fused-ring (bicyclic) bond motifs is 3. The fourth-order valence-electron chi connectivity index (χ4n) is 2.68. The third-order valence-electron chi connectivity index (χ3n) is 3.65. The molecule has 1 aromatic rings. The summed E-state index contributed by atoms with van der Waals surface area (Å²) in [4.78, 5) is 26.8. The molecule has 6 nitrogen and oxygen atoms in total.